The van der Waals surface area contributed by atoms with Gasteiger partial charge in [0.05, 0.1) is 7.11 Å². The van der Waals surface area contributed by atoms with E-state index in [9.17, 15) is 14.4 Å². The Balaban J connectivity index is 1.51. The first-order valence-corrected chi connectivity index (χ1v) is 9.89. The van der Waals surface area contributed by atoms with Gasteiger partial charge in [0.2, 0.25) is 0 Å². The highest BCUT2D eigenvalue weighted by molar-refractivity contribution is 6.06. The molecule has 0 saturated carbocycles. The SMILES string of the molecule is COc1cccc2cc(C(=O)Nc3cccc(C(=O)NCc4ccccc4)c3)c(=O)oc12. The number of fused-ring (bicyclic) bond motifs is 1. The lowest BCUT2D eigenvalue weighted by Crippen LogP contribution is -2.23. The predicted octanol–water partition coefficient (Wildman–Crippen LogP) is 3.98. The lowest BCUT2D eigenvalue weighted by Gasteiger charge is -2.09. The maximum atomic E-state index is 12.7. The summed E-state index contributed by atoms with van der Waals surface area (Å²) >= 11 is 0. The number of carbonyl (C=O) groups is 2. The molecule has 0 bridgehead atoms. The van der Waals surface area contributed by atoms with Gasteiger partial charge in [0.15, 0.2) is 11.3 Å². The van der Waals surface area contributed by atoms with Crippen molar-refractivity contribution in [3.8, 4) is 5.75 Å². The maximum absolute atomic E-state index is 12.7. The van der Waals surface area contributed by atoms with E-state index in [0.717, 1.165) is 5.56 Å². The minimum Gasteiger partial charge on any atom is -0.493 e. The van der Waals surface area contributed by atoms with Crippen LogP contribution in [0.1, 0.15) is 26.3 Å². The number of carbonyl (C=O) groups excluding carboxylic acids is 2. The molecule has 2 N–H and O–H groups in total. The summed E-state index contributed by atoms with van der Waals surface area (Å²) in [6.07, 6.45) is 0. The Morgan fingerprint density at radius 2 is 1.69 bits per heavy atom. The summed E-state index contributed by atoms with van der Waals surface area (Å²) in [5, 5.41) is 6.05. The number of para-hydroxylation sites is 1. The van der Waals surface area contributed by atoms with Crippen molar-refractivity contribution < 1.29 is 18.7 Å². The molecule has 32 heavy (non-hydrogen) atoms. The van der Waals surface area contributed by atoms with Crippen LogP contribution in [0.3, 0.4) is 0 Å². The number of nitrogens with one attached hydrogen (secondary N) is 2. The van der Waals surface area contributed by atoms with Crippen molar-refractivity contribution in [2.24, 2.45) is 0 Å². The minimum atomic E-state index is -0.781. The number of hydrogen-bond donors (Lipinski definition) is 2. The van der Waals surface area contributed by atoms with Gasteiger partial charge in [-0.3, -0.25) is 9.59 Å². The molecule has 0 fully saturated rings. The van der Waals surface area contributed by atoms with Crippen LogP contribution in [0.2, 0.25) is 0 Å². The van der Waals surface area contributed by atoms with E-state index in [4.69, 9.17) is 9.15 Å². The van der Waals surface area contributed by atoms with Crippen molar-refractivity contribution in [2.45, 2.75) is 6.54 Å². The zero-order chi connectivity index (χ0) is 22.5. The first kappa shape index (κ1) is 20.9. The molecule has 4 aromatic rings. The van der Waals surface area contributed by atoms with Crippen molar-refractivity contribution in [2.75, 3.05) is 12.4 Å². The Morgan fingerprint density at radius 3 is 2.47 bits per heavy atom. The van der Waals surface area contributed by atoms with Gasteiger partial charge in [0.25, 0.3) is 11.8 Å². The molecular formula is C25H20N2O5. The summed E-state index contributed by atoms with van der Waals surface area (Å²) in [4.78, 5) is 37.6. The fourth-order valence-corrected chi connectivity index (χ4v) is 3.25. The van der Waals surface area contributed by atoms with Crippen LogP contribution in [0.15, 0.2) is 88.1 Å². The number of methoxy groups -OCH3 is 1. The van der Waals surface area contributed by atoms with Gasteiger partial charge in [-0.2, -0.15) is 0 Å². The van der Waals surface area contributed by atoms with Crippen LogP contribution in [-0.2, 0) is 6.54 Å². The van der Waals surface area contributed by atoms with Crippen LogP contribution in [0.25, 0.3) is 11.0 Å². The van der Waals surface area contributed by atoms with E-state index < -0.39 is 11.5 Å². The van der Waals surface area contributed by atoms with Crippen LogP contribution < -0.4 is 21.0 Å². The van der Waals surface area contributed by atoms with Gasteiger partial charge in [-0.15, -0.1) is 0 Å². The zero-order valence-electron chi connectivity index (χ0n) is 17.3. The van der Waals surface area contributed by atoms with Crippen molar-refractivity contribution in [1.29, 1.82) is 0 Å². The first-order chi connectivity index (χ1) is 15.5. The standard InChI is InChI=1S/C25H20N2O5/c1-31-21-12-6-9-17-14-20(25(30)32-22(17)21)24(29)27-19-11-5-10-18(13-19)23(28)26-15-16-7-3-2-4-8-16/h2-14H,15H2,1H3,(H,26,28)(H,27,29). The Kier molecular flexibility index (Phi) is 5.98. The fourth-order valence-electron chi connectivity index (χ4n) is 3.25. The molecule has 0 aliphatic rings. The van der Waals surface area contributed by atoms with Crippen molar-refractivity contribution in [1.82, 2.24) is 5.32 Å². The lowest BCUT2D eigenvalue weighted by molar-refractivity contribution is 0.0949. The molecule has 0 atom stereocenters. The van der Waals surface area contributed by atoms with Gasteiger partial charge in [-0.1, -0.05) is 48.5 Å². The summed E-state index contributed by atoms with van der Waals surface area (Å²) in [5.74, 6) is -0.506. The van der Waals surface area contributed by atoms with Crippen LogP contribution in [0.5, 0.6) is 5.75 Å². The Morgan fingerprint density at radius 1 is 0.906 bits per heavy atom. The van der Waals surface area contributed by atoms with E-state index in [2.05, 4.69) is 10.6 Å². The molecule has 7 nitrogen and oxygen atoms in total. The number of anilines is 1. The average molecular weight is 428 g/mol. The third-order valence-electron chi connectivity index (χ3n) is 4.87. The maximum Gasteiger partial charge on any atom is 0.349 e. The molecule has 0 unspecified atom stereocenters. The second-order valence-corrected chi connectivity index (χ2v) is 7.03. The summed E-state index contributed by atoms with van der Waals surface area (Å²) < 4.78 is 10.5. The second-order valence-electron chi connectivity index (χ2n) is 7.03. The molecule has 1 aromatic heterocycles. The third-order valence-corrected chi connectivity index (χ3v) is 4.87. The van der Waals surface area contributed by atoms with Crippen molar-refractivity contribution >= 4 is 28.5 Å². The Hall–Kier alpha value is -4.39. The van der Waals surface area contributed by atoms with E-state index in [1.807, 2.05) is 30.3 Å². The average Bonchev–Trinajstić information content (AvgIpc) is 2.82. The smallest absolute Gasteiger partial charge is 0.349 e. The van der Waals surface area contributed by atoms with Crippen LogP contribution >= 0.6 is 0 Å². The molecule has 0 aliphatic carbocycles. The van der Waals surface area contributed by atoms with Gasteiger partial charge in [-0.05, 0) is 35.9 Å². The number of hydrogen-bond acceptors (Lipinski definition) is 5. The molecule has 7 heteroatoms. The number of rotatable bonds is 6. The minimum absolute atomic E-state index is 0.148. The molecule has 4 rings (SSSR count). The largest absolute Gasteiger partial charge is 0.493 e. The summed E-state index contributed by atoms with van der Waals surface area (Å²) in [6, 6.07) is 22.6. The van der Waals surface area contributed by atoms with Gasteiger partial charge in [-0.25, -0.2) is 4.79 Å². The summed E-state index contributed by atoms with van der Waals surface area (Å²) in [5.41, 5.74) is 1.08. The molecule has 0 radical (unpaired) electrons. The normalized spacial score (nSPS) is 10.5. The molecular weight excluding hydrogens is 408 g/mol. The molecule has 0 saturated heterocycles. The molecule has 0 aliphatic heterocycles. The molecule has 3 aromatic carbocycles. The van der Waals surface area contributed by atoms with Crippen LogP contribution in [0, 0.1) is 0 Å². The molecule has 160 valence electrons. The van der Waals surface area contributed by atoms with E-state index in [1.54, 1.807) is 42.5 Å². The van der Waals surface area contributed by atoms with Crippen molar-refractivity contribution in [3.63, 3.8) is 0 Å². The quantitative estimate of drug-likeness (QED) is 0.453. The van der Waals surface area contributed by atoms with E-state index >= 15 is 0 Å². The topological polar surface area (TPSA) is 97.6 Å². The highest BCUT2D eigenvalue weighted by Gasteiger charge is 2.16. The first-order valence-electron chi connectivity index (χ1n) is 9.89. The van der Waals surface area contributed by atoms with Gasteiger partial charge in [0.1, 0.15) is 5.56 Å². The highest BCUT2D eigenvalue weighted by atomic mass is 16.5. The highest BCUT2D eigenvalue weighted by Crippen LogP contribution is 2.24. The second kappa shape index (κ2) is 9.18. The number of benzene rings is 3. The number of amides is 2. The zero-order valence-corrected chi connectivity index (χ0v) is 17.3. The molecule has 1 heterocycles. The lowest BCUT2D eigenvalue weighted by atomic mass is 10.1. The monoisotopic (exact) mass is 428 g/mol. The predicted molar refractivity (Wildman–Crippen MR) is 121 cm³/mol. The Labute approximate surface area is 183 Å². The van der Waals surface area contributed by atoms with E-state index in [0.29, 0.717) is 28.9 Å². The third kappa shape index (κ3) is 4.52. The fraction of sp³-hybridized carbons (Fsp3) is 0.0800. The molecule has 2 amide bonds. The van der Waals surface area contributed by atoms with Crippen LogP contribution in [0.4, 0.5) is 5.69 Å². The summed E-state index contributed by atoms with van der Waals surface area (Å²) in [6.45, 7) is 0.387. The molecule has 0 spiro atoms. The van der Waals surface area contributed by atoms with Gasteiger partial charge in [0, 0.05) is 23.2 Å². The van der Waals surface area contributed by atoms with Gasteiger partial charge >= 0.3 is 5.63 Å². The van der Waals surface area contributed by atoms with Gasteiger partial charge < -0.3 is 19.8 Å². The van der Waals surface area contributed by atoms with E-state index in [-0.39, 0.29) is 17.1 Å². The Bertz CT molecular complexity index is 1350. The van der Waals surface area contributed by atoms with E-state index in [1.165, 1.54) is 13.2 Å². The van der Waals surface area contributed by atoms with Crippen LogP contribution in [-0.4, -0.2) is 18.9 Å². The summed E-state index contributed by atoms with van der Waals surface area (Å²) in [7, 11) is 1.47. The number of ether oxygens (including phenoxy) is 1. The van der Waals surface area contributed by atoms with Crippen molar-refractivity contribution in [3.05, 3.63) is 106 Å².